The van der Waals surface area contributed by atoms with Crippen molar-refractivity contribution in [3.8, 4) is 0 Å². The minimum atomic E-state index is -0.229. The first-order valence-electron chi connectivity index (χ1n) is 8.50. The number of amides is 1. The molecule has 0 bridgehead atoms. The SMILES string of the molecule is Cc1[nH]c2ccccc2c1C(=O)N1CCN(c2ccc(F)cc2)CC1. The monoisotopic (exact) mass is 337 g/mol. The summed E-state index contributed by atoms with van der Waals surface area (Å²) in [5.74, 6) is -0.152. The number of nitrogens with one attached hydrogen (secondary N) is 1. The van der Waals surface area contributed by atoms with E-state index < -0.39 is 0 Å². The number of halogens is 1. The van der Waals surface area contributed by atoms with Crippen LogP contribution in [0, 0.1) is 12.7 Å². The van der Waals surface area contributed by atoms with Crippen LogP contribution in [0.2, 0.25) is 0 Å². The van der Waals surface area contributed by atoms with Gasteiger partial charge in [0.2, 0.25) is 0 Å². The summed E-state index contributed by atoms with van der Waals surface area (Å²) in [6.45, 7) is 4.77. The van der Waals surface area contributed by atoms with Gasteiger partial charge in [0.25, 0.3) is 5.91 Å². The molecule has 3 aromatic rings. The third-order valence-electron chi connectivity index (χ3n) is 4.87. The molecule has 2 aromatic carbocycles. The molecule has 1 amide bonds. The number of fused-ring (bicyclic) bond motifs is 1. The molecule has 0 atom stereocenters. The number of para-hydroxylation sites is 1. The Morgan fingerprint density at radius 1 is 1.00 bits per heavy atom. The lowest BCUT2D eigenvalue weighted by molar-refractivity contribution is 0.0748. The van der Waals surface area contributed by atoms with Gasteiger partial charge in [-0.2, -0.15) is 0 Å². The van der Waals surface area contributed by atoms with Crippen LogP contribution in [0.3, 0.4) is 0 Å². The van der Waals surface area contributed by atoms with Gasteiger partial charge in [0.15, 0.2) is 0 Å². The van der Waals surface area contributed by atoms with Crippen LogP contribution in [0.5, 0.6) is 0 Å². The zero-order valence-electron chi connectivity index (χ0n) is 14.1. The van der Waals surface area contributed by atoms with E-state index in [-0.39, 0.29) is 11.7 Å². The topological polar surface area (TPSA) is 39.3 Å². The van der Waals surface area contributed by atoms with E-state index in [9.17, 15) is 9.18 Å². The number of hydrogen-bond donors (Lipinski definition) is 1. The van der Waals surface area contributed by atoms with Gasteiger partial charge in [0.05, 0.1) is 5.56 Å². The van der Waals surface area contributed by atoms with Crippen LogP contribution >= 0.6 is 0 Å². The predicted molar refractivity (Wildman–Crippen MR) is 97.6 cm³/mol. The molecule has 1 fully saturated rings. The smallest absolute Gasteiger partial charge is 0.256 e. The first kappa shape index (κ1) is 15.7. The summed E-state index contributed by atoms with van der Waals surface area (Å²) in [6, 6.07) is 14.4. The van der Waals surface area contributed by atoms with Crippen molar-refractivity contribution in [3.63, 3.8) is 0 Å². The molecule has 1 aliphatic heterocycles. The molecule has 2 heterocycles. The zero-order chi connectivity index (χ0) is 17.4. The number of anilines is 1. The average Bonchev–Trinajstić information content (AvgIpc) is 2.97. The number of rotatable bonds is 2. The number of aromatic nitrogens is 1. The number of aryl methyl sites for hydroxylation is 1. The Bertz CT molecular complexity index is 908. The van der Waals surface area contributed by atoms with Crippen molar-refractivity contribution < 1.29 is 9.18 Å². The summed E-state index contributed by atoms with van der Waals surface area (Å²) in [6.07, 6.45) is 0. The molecule has 0 aliphatic carbocycles. The second-order valence-corrected chi connectivity index (χ2v) is 6.43. The maximum Gasteiger partial charge on any atom is 0.256 e. The van der Waals surface area contributed by atoms with Gasteiger partial charge in [-0.25, -0.2) is 4.39 Å². The highest BCUT2D eigenvalue weighted by Crippen LogP contribution is 2.24. The largest absolute Gasteiger partial charge is 0.368 e. The lowest BCUT2D eigenvalue weighted by Gasteiger charge is -2.36. The van der Waals surface area contributed by atoms with Crippen LogP contribution in [0.4, 0.5) is 10.1 Å². The average molecular weight is 337 g/mol. The number of hydrogen-bond acceptors (Lipinski definition) is 2. The molecule has 4 nitrogen and oxygen atoms in total. The van der Waals surface area contributed by atoms with E-state index in [1.165, 1.54) is 12.1 Å². The highest BCUT2D eigenvalue weighted by molar-refractivity contribution is 6.08. The van der Waals surface area contributed by atoms with Crippen LogP contribution in [0.25, 0.3) is 10.9 Å². The van der Waals surface area contributed by atoms with E-state index >= 15 is 0 Å². The van der Waals surface area contributed by atoms with Crippen LogP contribution in [0.1, 0.15) is 16.1 Å². The molecule has 0 unspecified atom stereocenters. The summed E-state index contributed by atoms with van der Waals surface area (Å²) in [5, 5.41) is 0.978. The van der Waals surface area contributed by atoms with Gasteiger partial charge in [-0.1, -0.05) is 18.2 Å². The lowest BCUT2D eigenvalue weighted by Crippen LogP contribution is -2.48. The maximum absolute atomic E-state index is 13.1. The fraction of sp³-hybridized carbons (Fsp3) is 0.250. The van der Waals surface area contributed by atoms with E-state index in [1.807, 2.05) is 36.1 Å². The van der Waals surface area contributed by atoms with Crippen molar-refractivity contribution in [2.45, 2.75) is 6.92 Å². The summed E-state index contributed by atoms with van der Waals surface area (Å²) in [5.41, 5.74) is 3.67. The second kappa shape index (κ2) is 6.24. The van der Waals surface area contributed by atoms with Gasteiger partial charge in [0.1, 0.15) is 5.82 Å². The maximum atomic E-state index is 13.1. The first-order chi connectivity index (χ1) is 12.1. The first-order valence-corrected chi connectivity index (χ1v) is 8.50. The van der Waals surface area contributed by atoms with Crippen LogP contribution in [-0.4, -0.2) is 42.0 Å². The van der Waals surface area contributed by atoms with Crippen molar-refractivity contribution in [2.24, 2.45) is 0 Å². The normalized spacial score (nSPS) is 15.0. The highest BCUT2D eigenvalue weighted by Gasteiger charge is 2.25. The van der Waals surface area contributed by atoms with E-state index in [1.54, 1.807) is 12.1 Å². The molecule has 0 spiro atoms. The molecule has 0 radical (unpaired) electrons. The lowest BCUT2D eigenvalue weighted by atomic mass is 10.1. The van der Waals surface area contributed by atoms with Crippen molar-refractivity contribution in [3.05, 3.63) is 65.6 Å². The predicted octanol–water partition coefficient (Wildman–Crippen LogP) is 3.58. The summed E-state index contributed by atoms with van der Waals surface area (Å²) in [4.78, 5) is 20.4. The van der Waals surface area contributed by atoms with Crippen molar-refractivity contribution in [1.82, 2.24) is 9.88 Å². The molecular weight excluding hydrogens is 317 g/mol. The highest BCUT2D eigenvalue weighted by atomic mass is 19.1. The number of benzene rings is 2. The molecule has 1 aromatic heterocycles. The molecule has 128 valence electrons. The molecule has 1 saturated heterocycles. The Morgan fingerprint density at radius 3 is 2.40 bits per heavy atom. The molecule has 1 aliphatic rings. The number of H-pyrrole nitrogens is 1. The minimum Gasteiger partial charge on any atom is -0.368 e. The van der Waals surface area contributed by atoms with Crippen molar-refractivity contribution in [2.75, 3.05) is 31.1 Å². The van der Waals surface area contributed by atoms with Gasteiger partial charge >= 0.3 is 0 Å². The van der Waals surface area contributed by atoms with Gasteiger partial charge in [-0.05, 0) is 37.3 Å². The number of nitrogens with zero attached hydrogens (tertiary/aromatic N) is 2. The third-order valence-corrected chi connectivity index (χ3v) is 4.87. The Labute approximate surface area is 145 Å². The summed E-state index contributed by atoms with van der Waals surface area (Å²) in [7, 11) is 0. The van der Waals surface area contributed by atoms with Gasteiger partial charge in [-0.15, -0.1) is 0 Å². The van der Waals surface area contributed by atoms with E-state index in [4.69, 9.17) is 0 Å². The Kier molecular flexibility index (Phi) is 3.92. The molecule has 1 N–H and O–H groups in total. The van der Waals surface area contributed by atoms with Gasteiger partial charge in [-0.3, -0.25) is 4.79 Å². The Balaban J connectivity index is 1.51. The van der Waals surface area contributed by atoms with Crippen LogP contribution < -0.4 is 4.90 Å². The van der Waals surface area contributed by atoms with E-state index in [0.717, 1.165) is 40.9 Å². The number of carbonyl (C=O) groups is 1. The number of piperazine rings is 1. The van der Waals surface area contributed by atoms with Crippen LogP contribution in [0.15, 0.2) is 48.5 Å². The second-order valence-electron chi connectivity index (χ2n) is 6.43. The fourth-order valence-electron chi connectivity index (χ4n) is 3.53. The molecule has 5 heteroatoms. The Morgan fingerprint density at radius 2 is 1.68 bits per heavy atom. The van der Waals surface area contributed by atoms with Crippen molar-refractivity contribution >= 4 is 22.5 Å². The standard InChI is InChI=1S/C20H20FN3O/c1-14-19(17-4-2-3-5-18(17)22-14)20(25)24-12-10-23(11-13-24)16-8-6-15(21)7-9-16/h2-9,22H,10-13H2,1H3. The third kappa shape index (κ3) is 2.86. The van der Waals surface area contributed by atoms with Crippen molar-refractivity contribution in [1.29, 1.82) is 0 Å². The van der Waals surface area contributed by atoms with E-state index in [2.05, 4.69) is 9.88 Å². The van der Waals surface area contributed by atoms with Gasteiger partial charge in [0, 0.05) is 48.5 Å². The Hall–Kier alpha value is -2.82. The number of aromatic amines is 1. The summed E-state index contributed by atoms with van der Waals surface area (Å²) < 4.78 is 13.1. The molecule has 25 heavy (non-hydrogen) atoms. The molecule has 0 saturated carbocycles. The van der Waals surface area contributed by atoms with E-state index in [0.29, 0.717) is 13.1 Å². The quantitative estimate of drug-likeness (QED) is 0.776. The molecular formula is C20H20FN3O. The molecule has 4 rings (SSSR count). The van der Waals surface area contributed by atoms with Crippen LogP contribution in [-0.2, 0) is 0 Å². The fourth-order valence-corrected chi connectivity index (χ4v) is 3.53. The van der Waals surface area contributed by atoms with Gasteiger partial charge < -0.3 is 14.8 Å². The zero-order valence-corrected chi connectivity index (χ0v) is 14.1. The number of carbonyl (C=O) groups excluding carboxylic acids is 1. The summed E-state index contributed by atoms with van der Waals surface area (Å²) >= 11 is 0. The minimum absolute atomic E-state index is 0.0775.